The predicted octanol–water partition coefficient (Wildman–Crippen LogP) is 1.22. The lowest BCUT2D eigenvalue weighted by Gasteiger charge is -2.17. The minimum absolute atomic E-state index is 0.122. The molecule has 0 heterocycles. The van der Waals surface area contributed by atoms with Gasteiger partial charge in [0.1, 0.15) is 6.04 Å². The summed E-state index contributed by atoms with van der Waals surface area (Å²) in [6.07, 6.45) is 1.81. The maximum atomic E-state index is 11.9. The Morgan fingerprint density at radius 3 is 2.47 bits per heavy atom. The standard InChI is InChI=1S/C12H25NO5S/c1-4-6-7-11(12(14)15)13-19(16,17)9-10(3)8-18-5-2/h10-11,13H,4-9H2,1-3H3,(H,14,15). The second-order valence-corrected chi connectivity index (χ2v) is 6.50. The SMILES string of the molecule is CCCCC(NS(=O)(=O)CC(C)COCC)C(=O)O. The van der Waals surface area contributed by atoms with Gasteiger partial charge in [0.15, 0.2) is 0 Å². The number of nitrogens with one attached hydrogen (secondary N) is 1. The van der Waals surface area contributed by atoms with Gasteiger partial charge in [0, 0.05) is 6.61 Å². The van der Waals surface area contributed by atoms with Crippen molar-refractivity contribution < 1.29 is 23.1 Å². The molecule has 0 bridgehead atoms. The Balaban J connectivity index is 4.41. The molecule has 0 aliphatic carbocycles. The topological polar surface area (TPSA) is 92.7 Å². The van der Waals surface area contributed by atoms with E-state index in [4.69, 9.17) is 9.84 Å². The first-order chi connectivity index (χ1) is 8.82. The molecule has 0 aliphatic heterocycles. The van der Waals surface area contributed by atoms with E-state index in [9.17, 15) is 13.2 Å². The molecular formula is C12H25NO5S. The van der Waals surface area contributed by atoms with Gasteiger partial charge < -0.3 is 9.84 Å². The number of aliphatic carboxylic acids is 1. The Bertz CT molecular complexity index is 355. The fraction of sp³-hybridized carbons (Fsp3) is 0.917. The highest BCUT2D eigenvalue weighted by atomic mass is 32.2. The van der Waals surface area contributed by atoms with Crippen LogP contribution in [0.25, 0.3) is 0 Å². The Labute approximate surface area is 115 Å². The van der Waals surface area contributed by atoms with Gasteiger partial charge in [-0.25, -0.2) is 13.1 Å². The Kier molecular flexibility index (Phi) is 8.95. The first-order valence-corrected chi connectivity index (χ1v) is 8.28. The summed E-state index contributed by atoms with van der Waals surface area (Å²) in [5.74, 6) is -1.42. The Morgan fingerprint density at radius 1 is 1.37 bits per heavy atom. The number of hydrogen-bond donors (Lipinski definition) is 2. The van der Waals surface area contributed by atoms with Crippen LogP contribution in [-0.4, -0.2) is 44.5 Å². The van der Waals surface area contributed by atoms with Gasteiger partial charge in [-0.15, -0.1) is 0 Å². The molecule has 2 unspecified atom stereocenters. The van der Waals surface area contributed by atoms with Gasteiger partial charge in [-0.2, -0.15) is 0 Å². The zero-order valence-electron chi connectivity index (χ0n) is 11.9. The molecule has 0 saturated heterocycles. The Hall–Kier alpha value is -0.660. The molecule has 2 N–H and O–H groups in total. The summed E-state index contributed by atoms with van der Waals surface area (Å²) >= 11 is 0. The Morgan fingerprint density at radius 2 is 2.00 bits per heavy atom. The lowest BCUT2D eigenvalue weighted by molar-refractivity contribution is -0.139. The average Bonchev–Trinajstić information content (AvgIpc) is 2.30. The molecule has 0 amide bonds. The number of carbonyl (C=O) groups is 1. The van der Waals surface area contributed by atoms with Crippen molar-refractivity contribution in [3.63, 3.8) is 0 Å². The van der Waals surface area contributed by atoms with Crippen molar-refractivity contribution in [3.8, 4) is 0 Å². The number of carboxylic acids is 1. The second kappa shape index (κ2) is 9.28. The minimum Gasteiger partial charge on any atom is -0.480 e. The average molecular weight is 295 g/mol. The van der Waals surface area contributed by atoms with E-state index < -0.39 is 22.0 Å². The van der Waals surface area contributed by atoms with E-state index in [-0.39, 0.29) is 11.7 Å². The third-order valence-electron chi connectivity index (χ3n) is 2.58. The van der Waals surface area contributed by atoms with Crippen molar-refractivity contribution in [2.45, 2.75) is 46.1 Å². The van der Waals surface area contributed by atoms with Crippen molar-refractivity contribution in [1.29, 1.82) is 0 Å². The molecule has 114 valence electrons. The van der Waals surface area contributed by atoms with Gasteiger partial charge in [0.25, 0.3) is 0 Å². The van der Waals surface area contributed by atoms with Gasteiger partial charge in [0.2, 0.25) is 10.0 Å². The number of carboxylic acid groups (broad SMARTS) is 1. The summed E-state index contributed by atoms with van der Waals surface area (Å²) in [5, 5.41) is 8.99. The van der Waals surface area contributed by atoms with Crippen LogP contribution < -0.4 is 4.72 Å². The smallest absolute Gasteiger partial charge is 0.321 e. The molecule has 0 aromatic rings. The summed E-state index contributed by atoms with van der Waals surface area (Å²) in [5.41, 5.74) is 0. The summed E-state index contributed by atoms with van der Waals surface area (Å²) in [7, 11) is -3.60. The van der Waals surface area contributed by atoms with Crippen LogP contribution in [0.2, 0.25) is 0 Å². The minimum atomic E-state index is -3.60. The zero-order valence-corrected chi connectivity index (χ0v) is 12.7. The molecule has 0 aromatic carbocycles. The van der Waals surface area contributed by atoms with Crippen LogP contribution in [0.1, 0.15) is 40.0 Å². The zero-order chi connectivity index (χ0) is 14.9. The van der Waals surface area contributed by atoms with Crippen molar-refractivity contribution in [1.82, 2.24) is 4.72 Å². The maximum Gasteiger partial charge on any atom is 0.321 e. The molecule has 7 heteroatoms. The molecule has 0 rings (SSSR count). The van der Waals surface area contributed by atoms with Gasteiger partial charge >= 0.3 is 5.97 Å². The molecule has 6 nitrogen and oxygen atoms in total. The van der Waals surface area contributed by atoms with Crippen LogP contribution in [0.4, 0.5) is 0 Å². The largest absolute Gasteiger partial charge is 0.480 e. The van der Waals surface area contributed by atoms with Crippen LogP contribution >= 0.6 is 0 Å². The molecular weight excluding hydrogens is 270 g/mol. The van der Waals surface area contributed by atoms with Crippen LogP contribution in [0, 0.1) is 5.92 Å². The fourth-order valence-electron chi connectivity index (χ4n) is 1.65. The molecule has 2 atom stereocenters. The van der Waals surface area contributed by atoms with Gasteiger partial charge in [-0.1, -0.05) is 26.7 Å². The molecule has 0 saturated carbocycles. The summed E-state index contributed by atoms with van der Waals surface area (Å²) in [4.78, 5) is 11.0. The lowest BCUT2D eigenvalue weighted by Crippen LogP contribution is -2.43. The van der Waals surface area contributed by atoms with Gasteiger partial charge in [0.05, 0.1) is 12.4 Å². The van der Waals surface area contributed by atoms with Crippen LogP contribution in [0.15, 0.2) is 0 Å². The van der Waals surface area contributed by atoms with Crippen molar-refractivity contribution >= 4 is 16.0 Å². The van der Waals surface area contributed by atoms with Crippen molar-refractivity contribution in [2.75, 3.05) is 19.0 Å². The molecule has 0 fully saturated rings. The van der Waals surface area contributed by atoms with Crippen LogP contribution in [-0.2, 0) is 19.6 Å². The van der Waals surface area contributed by atoms with Crippen molar-refractivity contribution in [3.05, 3.63) is 0 Å². The molecule has 0 radical (unpaired) electrons. The lowest BCUT2D eigenvalue weighted by atomic mass is 10.1. The molecule has 19 heavy (non-hydrogen) atoms. The van der Waals surface area contributed by atoms with Crippen LogP contribution in [0.5, 0.6) is 0 Å². The van der Waals surface area contributed by atoms with Crippen LogP contribution in [0.3, 0.4) is 0 Å². The van der Waals surface area contributed by atoms with E-state index in [0.29, 0.717) is 26.1 Å². The van der Waals surface area contributed by atoms with E-state index in [1.165, 1.54) is 0 Å². The summed E-state index contributed by atoms with van der Waals surface area (Å²) < 4.78 is 31.1. The van der Waals surface area contributed by atoms with E-state index >= 15 is 0 Å². The van der Waals surface area contributed by atoms with E-state index in [0.717, 1.165) is 6.42 Å². The highest BCUT2D eigenvalue weighted by molar-refractivity contribution is 7.89. The number of hydrogen-bond acceptors (Lipinski definition) is 4. The number of rotatable bonds is 11. The number of ether oxygens (including phenoxy) is 1. The number of unbranched alkanes of at least 4 members (excludes halogenated alkanes) is 1. The number of sulfonamides is 1. The highest BCUT2D eigenvalue weighted by Crippen LogP contribution is 2.06. The molecule has 0 aliphatic rings. The third-order valence-corrected chi connectivity index (χ3v) is 4.23. The first kappa shape index (κ1) is 18.3. The second-order valence-electron chi connectivity index (χ2n) is 4.70. The fourth-order valence-corrected chi connectivity index (χ4v) is 3.24. The summed E-state index contributed by atoms with van der Waals surface area (Å²) in [6, 6.07) is -1.04. The van der Waals surface area contributed by atoms with Gasteiger partial charge in [-0.05, 0) is 19.3 Å². The highest BCUT2D eigenvalue weighted by Gasteiger charge is 2.24. The monoisotopic (exact) mass is 295 g/mol. The first-order valence-electron chi connectivity index (χ1n) is 6.62. The summed E-state index contributed by atoms with van der Waals surface area (Å²) in [6.45, 7) is 6.41. The van der Waals surface area contributed by atoms with Crippen molar-refractivity contribution in [2.24, 2.45) is 5.92 Å². The quantitative estimate of drug-likeness (QED) is 0.598. The third kappa shape index (κ3) is 8.96. The maximum absolute atomic E-state index is 11.9. The van der Waals surface area contributed by atoms with E-state index in [1.54, 1.807) is 6.92 Å². The van der Waals surface area contributed by atoms with E-state index in [1.807, 2.05) is 13.8 Å². The van der Waals surface area contributed by atoms with E-state index in [2.05, 4.69) is 4.72 Å². The molecule has 0 spiro atoms. The van der Waals surface area contributed by atoms with Gasteiger partial charge in [-0.3, -0.25) is 4.79 Å². The predicted molar refractivity (Wildman–Crippen MR) is 73.5 cm³/mol. The molecule has 0 aromatic heterocycles. The normalized spacial score (nSPS) is 15.1.